The molecule has 0 N–H and O–H groups in total. The molecule has 0 saturated heterocycles. The Morgan fingerprint density at radius 3 is 1.93 bits per heavy atom. The van der Waals surface area contributed by atoms with Crippen LogP contribution in [0, 0.1) is 0 Å². The molecule has 1 heterocycles. The van der Waals surface area contributed by atoms with Gasteiger partial charge in [0.1, 0.15) is 5.52 Å². The summed E-state index contributed by atoms with van der Waals surface area (Å²) >= 11 is 0. The third kappa shape index (κ3) is 4.71. The zero-order valence-corrected chi connectivity index (χ0v) is 24.0. The maximum atomic E-state index is 6.16. The lowest BCUT2D eigenvalue weighted by atomic mass is 10.0. The van der Waals surface area contributed by atoms with Crippen molar-refractivity contribution >= 4 is 38.9 Å². The molecule has 208 valence electrons. The molecule has 0 aliphatic heterocycles. The normalized spacial score (nSPS) is 11.2. The van der Waals surface area contributed by atoms with Gasteiger partial charge in [0.2, 0.25) is 5.89 Å². The second kappa shape index (κ2) is 11.0. The van der Waals surface area contributed by atoms with E-state index in [9.17, 15) is 0 Å². The highest BCUT2D eigenvalue weighted by Crippen LogP contribution is 2.41. The van der Waals surface area contributed by atoms with E-state index in [0.29, 0.717) is 5.89 Å². The smallest absolute Gasteiger partial charge is 0.227 e. The standard InChI is InChI=1S/C41H28N2O/c1-3-12-29(13-4-1)33-18-9-19-35(28-33)43(38-22-10-17-30-14-7-8-20-36(30)38)34-26-24-31(25-27-34)37-21-11-23-39-40(37)42-41(44-39)32-15-5-2-6-16-32/h1-28H. The number of oxazole rings is 1. The van der Waals surface area contributed by atoms with Gasteiger partial charge in [-0.15, -0.1) is 0 Å². The van der Waals surface area contributed by atoms with E-state index in [1.54, 1.807) is 0 Å². The molecule has 8 aromatic rings. The molecule has 3 heteroatoms. The van der Waals surface area contributed by atoms with Crippen molar-refractivity contribution in [1.82, 2.24) is 4.98 Å². The summed E-state index contributed by atoms with van der Waals surface area (Å²) in [4.78, 5) is 7.26. The van der Waals surface area contributed by atoms with Crippen molar-refractivity contribution in [3.8, 4) is 33.7 Å². The molecule has 8 rings (SSSR count). The van der Waals surface area contributed by atoms with E-state index >= 15 is 0 Å². The van der Waals surface area contributed by atoms with Crippen LogP contribution in [0.5, 0.6) is 0 Å². The first-order valence-corrected chi connectivity index (χ1v) is 14.8. The van der Waals surface area contributed by atoms with E-state index in [1.165, 1.54) is 21.9 Å². The molecule has 0 aliphatic rings. The number of hydrogen-bond acceptors (Lipinski definition) is 3. The molecular formula is C41H28N2O. The van der Waals surface area contributed by atoms with Gasteiger partial charge in [-0.2, -0.15) is 0 Å². The number of hydrogen-bond donors (Lipinski definition) is 0. The highest BCUT2D eigenvalue weighted by Gasteiger charge is 2.17. The molecule has 0 saturated carbocycles. The number of aromatic nitrogens is 1. The average molecular weight is 565 g/mol. The molecular weight excluding hydrogens is 536 g/mol. The van der Waals surface area contributed by atoms with Gasteiger partial charge in [0.25, 0.3) is 0 Å². The summed E-state index contributed by atoms with van der Waals surface area (Å²) in [7, 11) is 0. The summed E-state index contributed by atoms with van der Waals surface area (Å²) in [5.74, 6) is 0.630. The maximum Gasteiger partial charge on any atom is 0.227 e. The lowest BCUT2D eigenvalue weighted by Crippen LogP contribution is -2.10. The molecule has 0 spiro atoms. The molecule has 0 radical (unpaired) electrons. The van der Waals surface area contributed by atoms with Gasteiger partial charge in [0, 0.05) is 27.9 Å². The molecule has 7 aromatic carbocycles. The van der Waals surface area contributed by atoms with E-state index in [-0.39, 0.29) is 0 Å². The molecule has 3 nitrogen and oxygen atoms in total. The molecule has 1 aromatic heterocycles. The van der Waals surface area contributed by atoms with Gasteiger partial charge in [-0.05, 0) is 70.6 Å². The number of para-hydroxylation sites is 1. The second-order valence-corrected chi connectivity index (χ2v) is 10.8. The minimum Gasteiger partial charge on any atom is -0.436 e. The summed E-state index contributed by atoms with van der Waals surface area (Å²) in [6, 6.07) is 59.3. The molecule has 0 aliphatic carbocycles. The average Bonchev–Trinajstić information content (AvgIpc) is 3.55. The van der Waals surface area contributed by atoms with Crippen LogP contribution in [0.15, 0.2) is 174 Å². The Kier molecular flexibility index (Phi) is 6.47. The minimum absolute atomic E-state index is 0.630. The first-order chi connectivity index (χ1) is 21.8. The summed E-state index contributed by atoms with van der Waals surface area (Å²) in [6.45, 7) is 0. The van der Waals surface area contributed by atoms with Crippen LogP contribution in [0.3, 0.4) is 0 Å². The van der Waals surface area contributed by atoms with Gasteiger partial charge in [0.05, 0.1) is 5.69 Å². The highest BCUT2D eigenvalue weighted by atomic mass is 16.3. The second-order valence-electron chi connectivity index (χ2n) is 10.8. The van der Waals surface area contributed by atoms with Crippen LogP contribution >= 0.6 is 0 Å². The number of fused-ring (bicyclic) bond motifs is 2. The minimum atomic E-state index is 0.630. The van der Waals surface area contributed by atoms with Crippen molar-refractivity contribution in [2.45, 2.75) is 0 Å². The zero-order valence-electron chi connectivity index (χ0n) is 24.0. The topological polar surface area (TPSA) is 29.3 Å². The fraction of sp³-hybridized carbons (Fsp3) is 0. The predicted molar refractivity (Wildman–Crippen MR) is 183 cm³/mol. The predicted octanol–water partition coefficient (Wildman–Crippen LogP) is 11.5. The first kappa shape index (κ1) is 25.8. The zero-order chi connectivity index (χ0) is 29.3. The Bertz CT molecular complexity index is 2210. The fourth-order valence-corrected chi connectivity index (χ4v) is 5.96. The van der Waals surface area contributed by atoms with Crippen LogP contribution in [0.2, 0.25) is 0 Å². The van der Waals surface area contributed by atoms with Crippen LogP contribution in [0.25, 0.3) is 55.6 Å². The highest BCUT2D eigenvalue weighted by molar-refractivity contribution is 5.99. The number of rotatable bonds is 6. The van der Waals surface area contributed by atoms with Crippen molar-refractivity contribution in [2.24, 2.45) is 0 Å². The van der Waals surface area contributed by atoms with Gasteiger partial charge in [-0.1, -0.05) is 121 Å². The molecule has 0 atom stereocenters. The van der Waals surface area contributed by atoms with E-state index in [4.69, 9.17) is 9.40 Å². The van der Waals surface area contributed by atoms with E-state index in [0.717, 1.165) is 44.9 Å². The van der Waals surface area contributed by atoms with E-state index in [1.807, 2.05) is 42.5 Å². The van der Waals surface area contributed by atoms with Crippen LogP contribution < -0.4 is 4.90 Å². The molecule has 44 heavy (non-hydrogen) atoms. The van der Waals surface area contributed by atoms with E-state index in [2.05, 4.69) is 132 Å². The van der Waals surface area contributed by atoms with Crippen molar-refractivity contribution in [1.29, 1.82) is 0 Å². The summed E-state index contributed by atoms with van der Waals surface area (Å²) in [5, 5.41) is 2.41. The lowest BCUT2D eigenvalue weighted by Gasteiger charge is -2.27. The van der Waals surface area contributed by atoms with Crippen molar-refractivity contribution in [3.63, 3.8) is 0 Å². The van der Waals surface area contributed by atoms with Gasteiger partial charge in [0.15, 0.2) is 5.58 Å². The van der Waals surface area contributed by atoms with E-state index < -0.39 is 0 Å². The third-order valence-electron chi connectivity index (χ3n) is 8.10. The number of anilines is 3. The summed E-state index contributed by atoms with van der Waals surface area (Å²) in [6.07, 6.45) is 0. The molecule has 0 fully saturated rings. The van der Waals surface area contributed by atoms with Crippen LogP contribution in [-0.4, -0.2) is 4.98 Å². The van der Waals surface area contributed by atoms with Crippen LogP contribution in [0.4, 0.5) is 17.1 Å². The van der Waals surface area contributed by atoms with Gasteiger partial charge < -0.3 is 9.32 Å². The molecule has 0 unspecified atom stereocenters. The quantitative estimate of drug-likeness (QED) is 0.201. The Morgan fingerprint density at radius 1 is 0.455 bits per heavy atom. The van der Waals surface area contributed by atoms with Gasteiger partial charge in [-0.3, -0.25) is 0 Å². The summed E-state index contributed by atoms with van der Waals surface area (Å²) < 4.78 is 6.16. The maximum absolute atomic E-state index is 6.16. The van der Waals surface area contributed by atoms with Crippen LogP contribution in [0.1, 0.15) is 0 Å². The van der Waals surface area contributed by atoms with Gasteiger partial charge in [-0.25, -0.2) is 4.98 Å². The van der Waals surface area contributed by atoms with Gasteiger partial charge >= 0.3 is 0 Å². The summed E-state index contributed by atoms with van der Waals surface area (Å²) in [5.41, 5.74) is 10.4. The molecule has 0 amide bonds. The monoisotopic (exact) mass is 564 g/mol. The SMILES string of the molecule is c1ccc(-c2cccc(N(c3ccc(-c4cccc5oc(-c6ccccc6)nc45)cc3)c3cccc4ccccc34)c2)cc1. The van der Waals surface area contributed by atoms with Crippen molar-refractivity contribution < 1.29 is 4.42 Å². The third-order valence-corrected chi connectivity index (χ3v) is 8.10. The van der Waals surface area contributed by atoms with Crippen LogP contribution in [-0.2, 0) is 0 Å². The fourth-order valence-electron chi connectivity index (χ4n) is 5.96. The molecule has 0 bridgehead atoms. The first-order valence-electron chi connectivity index (χ1n) is 14.8. The number of nitrogens with zero attached hydrogens (tertiary/aromatic N) is 2. The Labute approximate surface area is 256 Å². The van der Waals surface area contributed by atoms with Crippen molar-refractivity contribution in [2.75, 3.05) is 4.90 Å². The lowest BCUT2D eigenvalue weighted by molar-refractivity contribution is 0.620. The Hall–Kier alpha value is -5.93. The van der Waals surface area contributed by atoms with Crippen molar-refractivity contribution in [3.05, 3.63) is 170 Å². The Balaban J connectivity index is 1.25. The largest absolute Gasteiger partial charge is 0.436 e. The Morgan fingerprint density at radius 2 is 1.11 bits per heavy atom. The number of benzene rings is 7.